The number of carbonyl (C=O) groups is 2. The zero-order valence-electron chi connectivity index (χ0n) is 20.3. The molecule has 3 N–H and O–H groups in total. The molecule has 188 valence electrons. The van der Waals surface area contributed by atoms with Gasteiger partial charge in [-0.15, -0.1) is 0 Å². The maximum absolute atomic E-state index is 13.0. The lowest BCUT2D eigenvalue weighted by atomic mass is 9.80. The molecule has 4 heterocycles. The first-order valence-corrected chi connectivity index (χ1v) is 13.7. The molecule has 6 rings (SSSR count). The highest BCUT2D eigenvalue weighted by molar-refractivity contribution is 7.96. The average Bonchev–Trinajstić information content (AvgIpc) is 3.30. The summed E-state index contributed by atoms with van der Waals surface area (Å²) in [5.74, 6) is 1.34. The Morgan fingerprint density at radius 3 is 2.53 bits per heavy atom. The molecule has 2 fully saturated rings. The monoisotopic (exact) mass is 506 g/mol. The number of hydrogen-bond acceptors (Lipinski definition) is 8. The van der Waals surface area contributed by atoms with Crippen molar-refractivity contribution in [3.8, 4) is 0 Å². The molecule has 0 radical (unpaired) electrons. The van der Waals surface area contributed by atoms with Gasteiger partial charge in [-0.2, -0.15) is 4.98 Å². The van der Waals surface area contributed by atoms with E-state index in [-0.39, 0.29) is 11.8 Å². The van der Waals surface area contributed by atoms with Gasteiger partial charge in [-0.3, -0.25) is 25.0 Å². The van der Waals surface area contributed by atoms with Gasteiger partial charge >= 0.3 is 0 Å². The lowest BCUT2D eigenvalue weighted by Crippen LogP contribution is -2.55. The number of hydrazine groups is 1. The third-order valence-corrected chi connectivity index (χ3v) is 8.43. The summed E-state index contributed by atoms with van der Waals surface area (Å²) >= 11 is 1.72. The molecule has 3 aliphatic rings. The summed E-state index contributed by atoms with van der Waals surface area (Å²) in [6.45, 7) is 3.25. The summed E-state index contributed by atoms with van der Waals surface area (Å²) in [4.78, 5) is 37.1. The highest BCUT2D eigenvalue weighted by Gasteiger charge is 2.46. The van der Waals surface area contributed by atoms with E-state index in [9.17, 15) is 9.59 Å². The fourth-order valence-corrected chi connectivity index (χ4v) is 6.11. The third-order valence-electron chi connectivity index (χ3n) is 7.55. The maximum atomic E-state index is 13.0. The number of aromatic nitrogens is 3. The minimum Gasteiger partial charge on any atom is -0.336 e. The first kappa shape index (κ1) is 23.1. The fraction of sp³-hybridized carbons (Fsp3) is 0.440. The van der Waals surface area contributed by atoms with Crippen molar-refractivity contribution in [1.29, 1.82) is 0 Å². The van der Waals surface area contributed by atoms with Crippen molar-refractivity contribution in [2.75, 3.05) is 43.2 Å². The standard InChI is InChI=1S/C25H30N8O2S/c1-36-32-13-11-31(12-14-32)22(34)17-5-7-19(8-6-17)27-24-26-16-18-15-20-29-30-23(35)25(9-3-2-4-10-25)33(20)21(18)28-24/h5-8,15-16,29H,2-4,9-14H2,1H3,(H,30,35)(H,26,27,28). The first-order chi connectivity index (χ1) is 17.6. The van der Waals surface area contributed by atoms with Crippen molar-refractivity contribution >= 4 is 52.2 Å². The Kier molecular flexibility index (Phi) is 5.96. The fourth-order valence-electron chi connectivity index (χ4n) is 5.58. The Balaban J connectivity index is 1.23. The number of anilines is 3. The third kappa shape index (κ3) is 3.96. The topological polar surface area (TPSA) is 107 Å². The van der Waals surface area contributed by atoms with Gasteiger partial charge in [0.1, 0.15) is 17.0 Å². The predicted molar refractivity (Wildman–Crippen MR) is 141 cm³/mol. The molecule has 0 unspecified atom stereocenters. The molecule has 2 aromatic heterocycles. The van der Waals surface area contributed by atoms with Crippen LogP contribution < -0.4 is 16.2 Å². The van der Waals surface area contributed by atoms with E-state index in [1.54, 1.807) is 18.1 Å². The van der Waals surface area contributed by atoms with Gasteiger partial charge in [0.2, 0.25) is 5.95 Å². The van der Waals surface area contributed by atoms with Crippen molar-refractivity contribution in [1.82, 2.24) is 29.2 Å². The molecule has 2 amide bonds. The quantitative estimate of drug-likeness (QED) is 0.463. The molecule has 1 saturated heterocycles. The summed E-state index contributed by atoms with van der Waals surface area (Å²) < 4.78 is 4.33. The van der Waals surface area contributed by atoms with Crippen LogP contribution in [0, 0.1) is 0 Å². The van der Waals surface area contributed by atoms with Gasteiger partial charge in [-0.25, -0.2) is 9.29 Å². The van der Waals surface area contributed by atoms with Crippen LogP contribution in [0.2, 0.25) is 0 Å². The summed E-state index contributed by atoms with van der Waals surface area (Å²) in [6.07, 6.45) is 8.62. The van der Waals surface area contributed by atoms with E-state index in [4.69, 9.17) is 4.98 Å². The molecule has 3 aromatic rings. The number of carbonyl (C=O) groups excluding carboxylic acids is 2. The number of amides is 2. The van der Waals surface area contributed by atoms with E-state index in [2.05, 4.69) is 36.3 Å². The summed E-state index contributed by atoms with van der Waals surface area (Å²) in [5, 5.41) is 4.14. The van der Waals surface area contributed by atoms with E-state index < -0.39 is 5.54 Å². The zero-order chi connectivity index (χ0) is 24.7. The van der Waals surface area contributed by atoms with Crippen LogP contribution in [0.15, 0.2) is 36.5 Å². The number of rotatable bonds is 4. The predicted octanol–water partition coefficient (Wildman–Crippen LogP) is 3.33. The van der Waals surface area contributed by atoms with Gasteiger partial charge in [0.25, 0.3) is 11.8 Å². The smallest absolute Gasteiger partial charge is 0.264 e. The normalized spacial score (nSPS) is 19.6. The van der Waals surface area contributed by atoms with E-state index in [1.807, 2.05) is 35.2 Å². The van der Waals surface area contributed by atoms with Crippen LogP contribution in [0.3, 0.4) is 0 Å². The Bertz CT molecular complexity index is 1290. The van der Waals surface area contributed by atoms with Crippen molar-refractivity contribution in [2.24, 2.45) is 0 Å². The van der Waals surface area contributed by atoms with Gasteiger partial charge in [0.05, 0.1) is 0 Å². The first-order valence-electron chi connectivity index (χ1n) is 12.5. The Labute approximate surface area is 213 Å². The van der Waals surface area contributed by atoms with Gasteiger partial charge in [-0.1, -0.05) is 31.2 Å². The Hall–Kier alpha value is -3.31. The van der Waals surface area contributed by atoms with Crippen molar-refractivity contribution in [3.63, 3.8) is 0 Å². The highest BCUT2D eigenvalue weighted by atomic mass is 32.2. The molecular formula is C25H30N8O2S. The van der Waals surface area contributed by atoms with Crippen molar-refractivity contribution in [2.45, 2.75) is 37.6 Å². The minimum absolute atomic E-state index is 0.00422. The van der Waals surface area contributed by atoms with Gasteiger partial charge in [0, 0.05) is 49.0 Å². The van der Waals surface area contributed by atoms with Crippen LogP contribution in [-0.4, -0.2) is 68.0 Å². The van der Waals surface area contributed by atoms with Crippen molar-refractivity contribution in [3.05, 3.63) is 42.1 Å². The lowest BCUT2D eigenvalue weighted by molar-refractivity contribution is -0.131. The molecule has 0 bridgehead atoms. The number of piperazine rings is 1. The molecule has 1 aliphatic carbocycles. The second-order valence-electron chi connectivity index (χ2n) is 9.62. The van der Waals surface area contributed by atoms with Gasteiger partial charge in [0.15, 0.2) is 0 Å². The molecule has 1 aromatic carbocycles. The second-order valence-corrected chi connectivity index (χ2v) is 10.5. The van der Waals surface area contributed by atoms with E-state index in [0.29, 0.717) is 11.5 Å². The molecule has 2 aliphatic heterocycles. The Morgan fingerprint density at radius 1 is 1.06 bits per heavy atom. The van der Waals surface area contributed by atoms with Gasteiger partial charge < -0.3 is 10.2 Å². The van der Waals surface area contributed by atoms with Gasteiger partial charge in [-0.05, 0) is 49.4 Å². The van der Waals surface area contributed by atoms with E-state index in [1.165, 1.54) is 0 Å². The van der Waals surface area contributed by atoms with Crippen LogP contribution in [-0.2, 0) is 10.3 Å². The number of nitrogens with zero attached hydrogens (tertiary/aromatic N) is 5. The number of nitrogens with one attached hydrogen (secondary N) is 3. The zero-order valence-corrected chi connectivity index (χ0v) is 21.1. The van der Waals surface area contributed by atoms with Crippen molar-refractivity contribution < 1.29 is 9.59 Å². The lowest BCUT2D eigenvalue weighted by Gasteiger charge is -2.41. The maximum Gasteiger partial charge on any atom is 0.264 e. The van der Waals surface area contributed by atoms with E-state index in [0.717, 1.165) is 80.8 Å². The number of fused-ring (bicyclic) bond motifs is 4. The largest absolute Gasteiger partial charge is 0.336 e. The highest BCUT2D eigenvalue weighted by Crippen LogP contribution is 2.42. The number of hydrogen-bond donors (Lipinski definition) is 3. The molecule has 36 heavy (non-hydrogen) atoms. The molecule has 10 nitrogen and oxygen atoms in total. The SMILES string of the molecule is CSN1CCN(C(=O)c2ccc(Nc3ncc4cc5n(c4n3)C3(CCCCC3)C(=O)NN5)cc2)CC1. The molecule has 0 atom stereocenters. The second kappa shape index (κ2) is 9.29. The summed E-state index contributed by atoms with van der Waals surface area (Å²) in [7, 11) is 0. The molecule has 11 heteroatoms. The molecule has 1 saturated carbocycles. The molecular weight excluding hydrogens is 476 g/mol. The van der Waals surface area contributed by atoms with Crippen LogP contribution in [0.1, 0.15) is 42.5 Å². The van der Waals surface area contributed by atoms with Crippen LogP contribution in [0.4, 0.5) is 17.5 Å². The van der Waals surface area contributed by atoms with E-state index >= 15 is 0 Å². The number of benzene rings is 1. The Morgan fingerprint density at radius 2 is 1.81 bits per heavy atom. The summed E-state index contributed by atoms with van der Waals surface area (Å²) in [6, 6.07) is 9.42. The van der Waals surface area contributed by atoms with Crippen LogP contribution in [0.25, 0.3) is 11.0 Å². The minimum atomic E-state index is -0.616. The van der Waals surface area contributed by atoms with Crippen LogP contribution in [0.5, 0.6) is 0 Å². The summed E-state index contributed by atoms with van der Waals surface area (Å²) in [5.41, 5.74) is 7.47. The molecule has 1 spiro atoms. The van der Waals surface area contributed by atoms with Crippen LogP contribution >= 0.6 is 11.9 Å². The average molecular weight is 507 g/mol.